The van der Waals surface area contributed by atoms with Crippen LogP contribution in [0.5, 0.6) is 17.2 Å². The highest BCUT2D eigenvalue weighted by Gasteiger charge is 2.47. The van der Waals surface area contributed by atoms with E-state index in [9.17, 15) is 14.7 Å². The molecule has 1 N–H and O–H groups in total. The van der Waals surface area contributed by atoms with Crippen LogP contribution in [0.2, 0.25) is 0 Å². The van der Waals surface area contributed by atoms with Gasteiger partial charge in [-0.2, -0.15) is 0 Å². The summed E-state index contributed by atoms with van der Waals surface area (Å²) in [5.41, 5.74) is 4.29. The molecule has 218 valence electrons. The van der Waals surface area contributed by atoms with Gasteiger partial charge < -0.3 is 14.6 Å². The zero-order chi connectivity index (χ0) is 30.6. The molecule has 5 aromatic carbocycles. The molecule has 1 fully saturated rings. The van der Waals surface area contributed by atoms with Crippen LogP contribution in [0.25, 0.3) is 5.76 Å². The molecule has 0 aliphatic carbocycles. The number of carbonyl (C=O) groups excluding carboxylic acids is 2. The van der Waals surface area contributed by atoms with Gasteiger partial charge in [-0.3, -0.25) is 14.5 Å². The molecule has 0 aromatic heterocycles. The van der Waals surface area contributed by atoms with Gasteiger partial charge in [-0.25, -0.2) is 0 Å². The van der Waals surface area contributed by atoms with E-state index in [0.29, 0.717) is 40.7 Å². The van der Waals surface area contributed by atoms with Crippen molar-refractivity contribution in [3.8, 4) is 17.2 Å². The number of benzene rings is 5. The van der Waals surface area contributed by atoms with Crippen molar-refractivity contribution in [2.75, 3.05) is 4.90 Å². The zero-order valence-corrected chi connectivity index (χ0v) is 24.4. The van der Waals surface area contributed by atoms with Gasteiger partial charge in [0, 0.05) is 11.3 Å². The highest BCUT2D eigenvalue weighted by Crippen LogP contribution is 2.44. The Kier molecular flexibility index (Phi) is 7.98. The van der Waals surface area contributed by atoms with E-state index in [2.05, 4.69) is 0 Å². The minimum absolute atomic E-state index is 0.00691. The third kappa shape index (κ3) is 5.70. The first-order chi connectivity index (χ1) is 21.4. The first-order valence-electron chi connectivity index (χ1n) is 14.4. The average molecular weight is 582 g/mol. The van der Waals surface area contributed by atoms with Gasteiger partial charge in [-0.05, 0) is 84.6 Å². The number of anilines is 1. The quantitative estimate of drug-likeness (QED) is 0.113. The summed E-state index contributed by atoms with van der Waals surface area (Å²) < 4.78 is 12.1. The number of ketones is 1. The standard InChI is InChI=1S/C38H31NO5/c1-25-12-9-10-19-32(25)39-35(28-15-11-18-31(23-28)44-30-16-7-4-8-17-30)34(37(41)38(39)42)36(40)29-20-21-33(26(2)22-29)43-24-27-13-5-3-6-14-27/h3-23,35,40H,24H2,1-2H3/b36-34+. The van der Waals surface area contributed by atoms with E-state index in [4.69, 9.17) is 9.47 Å². The Labute approximate surface area is 256 Å². The monoisotopic (exact) mass is 581 g/mol. The molecule has 6 nitrogen and oxygen atoms in total. The van der Waals surface area contributed by atoms with E-state index >= 15 is 0 Å². The molecule has 0 radical (unpaired) electrons. The lowest BCUT2D eigenvalue weighted by atomic mass is 9.94. The van der Waals surface area contributed by atoms with Crippen molar-refractivity contribution < 1.29 is 24.2 Å². The van der Waals surface area contributed by atoms with Crippen molar-refractivity contribution >= 4 is 23.1 Å². The largest absolute Gasteiger partial charge is 0.507 e. The number of ether oxygens (including phenoxy) is 2. The maximum atomic E-state index is 13.7. The molecule has 0 bridgehead atoms. The van der Waals surface area contributed by atoms with Crippen LogP contribution >= 0.6 is 0 Å². The summed E-state index contributed by atoms with van der Waals surface area (Å²) in [5.74, 6) is 0.138. The molecule has 44 heavy (non-hydrogen) atoms. The molecule has 5 aromatic rings. The Morgan fingerprint density at radius 3 is 2.14 bits per heavy atom. The fraction of sp³-hybridized carbons (Fsp3) is 0.105. The Hall–Kier alpha value is -5.62. The van der Waals surface area contributed by atoms with Crippen molar-refractivity contribution in [1.82, 2.24) is 0 Å². The summed E-state index contributed by atoms with van der Waals surface area (Å²) >= 11 is 0. The van der Waals surface area contributed by atoms with Gasteiger partial charge in [0.2, 0.25) is 0 Å². The number of rotatable bonds is 8. The van der Waals surface area contributed by atoms with Gasteiger partial charge in [0.15, 0.2) is 0 Å². The summed E-state index contributed by atoms with van der Waals surface area (Å²) in [6.45, 7) is 4.17. The molecule has 6 rings (SSSR count). The molecule has 1 atom stereocenters. The molecule has 1 saturated heterocycles. The highest BCUT2D eigenvalue weighted by atomic mass is 16.5. The third-order valence-electron chi connectivity index (χ3n) is 7.66. The van der Waals surface area contributed by atoms with Crippen molar-refractivity contribution in [1.29, 1.82) is 0 Å². The second kappa shape index (κ2) is 12.3. The molecule has 0 spiro atoms. The predicted molar refractivity (Wildman–Crippen MR) is 171 cm³/mol. The summed E-state index contributed by atoms with van der Waals surface area (Å²) in [6.07, 6.45) is 0. The Morgan fingerprint density at radius 2 is 1.41 bits per heavy atom. The van der Waals surface area contributed by atoms with Gasteiger partial charge in [-0.1, -0.05) is 78.9 Å². The van der Waals surface area contributed by atoms with E-state index in [1.807, 2.05) is 111 Å². The fourth-order valence-corrected chi connectivity index (χ4v) is 5.45. The molecule has 6 heteroatoms. The van der Waals surface area contributed by atoms with Crippen LogP contribution in [0.3, 0.4) is 0 Å². The summed E-state index contributed by atoms with van der Waals surface area (Å²) in [4.78, 5) is 28.9. The summed E-state index contributed by atoms with van der Waals surface area (Å²) in [5, 5.41) is 11.7. The second-order valence-corrected chi connectivity index (χ2v) is 10.7. The Morgan fingerprint density at radius 1 is 0.727 bits per heavy atom. The summed E-state index contributed by atoms with van der Waals surface area (Å²) in [6, 6.07) is 38.2. The van der Waals surface area contributed by atoms with E-state index in [1.54, 1.807) is 30.3 Å². The smallest absolute Gasteiger partial charge is 0.300 e. The van der Waals surface area contributed by atoms with Crippen molar-refractivity contribution in [2.24, 2.45) is 0 Å². The van der Waals surface area contributed by atoms with Gasteiger partial charge in [0.1, 0.15) is 29.6 Å². The van der Waals surface area contributed by atoms with Gasteiger partial charge in [-0.15, -0.1) is 0 Å². The maximum Gasteiger partial charge on any atom is 0.300 e. The van der Waals surface area contributed by atoms with E-state index in [1.165, 1.54) is 4.90 Å². The minimum atomic E-state index is -0.885. The van der Waals surface area contributed by atoms with E-state index in [0.717, 1.165) is 16.7 Å². The van der Waals surface area contributed by atoms with Gasteiger partial charge in [0.05, 0.1) is 11.6 Å². The molecule has 1 amide bonds. The van der Waals surface area contributed by atoms with Crippen molar-refractivity contribution in [3.63, 3.8) is 0 Å². The normalized spacial score (nSPS) is 15.8. The fourth-order valence-electron chi connectivity index (χ4n) is 5.45. The lowest BCUT2D eigenvalue weighted by molar-refractivity contribution is -0.132. The topological polar surface area (TPSA) is 76.1 Å². The Balaban J connectivity index is 1.42. The molecular formula is C38H31NO5. The van der Waals surface area contributed by atoms with E-state index < -0.39 is 17.7 Å². The first-order valence-corrected chi connectivity index (χ1v) is 14.4. The number of para-hydroxylation sites is 2. The highest BCUT2D eigenvalue weighted by molar-refractivity contribution is 6.51. The predicted octanol–water partition coefficient (Wildman–Crippen LogP) is 8.30. The van der Waals surface area contributed by atoms with Crippen LogP contribution in [-0.2, 0) is 16.2 Å². The number of nitrogens with zero attached hydrogens (tertiary/aromatic N) is 1. The molecular weight excluding hydrogens is 550 g/mol. The van der Waals surface area contributed by atoms with Crippen LogP contribution in [0.4, 0.5) is 5.69 Å². The molecule has 0 saturated carbocycles. The number of aliphatic hydroxyl groups is 1. The van der Waals surface area contributed by atoms with Crippen LogP contribution in [0, 0.1) is 13.8 Å². The SMILES string of the molecule is Cc1cc(/C(O)=C2\C(=O)C(=O)N(c3ccccc3C)C2c2cccc(Oc3ccccc3)c2)ccc1OCc1ccccc1. The molecule has 1 unspecified atom stereocenters. The number of aliphatic hydroxyl groups excluding tert-OH is 1. The minimum Gasteiger partial charge on any atom is -0.507 e. The number of carbonyl (C=O) groups is 2. The average Bonchev–Trinajstić information content (AvgIpc) is 3.31. The van der Waals surface area contributed by atoms with Crippen LogP contribution in [0.15, 0.2) is 133 Å². The lowest BCUT2D eigenvalue weighted by Crippen LogP contribution is -2.30. The van der Waals surface area contributed by atoms with Crippen LogP contribution < -0.4 is 14.4 Å². The molecule has 1 heterocycles. The van der Waals surface area contributed by atoms with Gasteiger partial charge in [0.25, 0.3) is 11.7 Å². The third-order valence-corrected chi connectivity index (χ3v) is 7.66. The second-order valence-electron chi connectivity index (χ2n) is 10.7. The van der Waals surface area contributed by atoms with Crippen molar-refractivity contribution in [2.45, 2.75) is 26.5 Å². The van der Waals surface area contributed by atoms with Gasteiger partial charge >= 0.3 is 0 Å². The number of aryl methyl sites for hydroxylation is 2. The summed E-state index contributed by atoms with van der Waals surface area (Å²) in [7, 11) is 0. The van der Waals surface area contributed by atoms with Crippen molar-refractivity contribution in [3.05, 3.63) is 161 Å². The number of hydrogen-bond acceptors (Lipinski definition) is 5. The van der Waals surface area contributed by atoms with Crippen LogP contribution in [-0.4, -0.2) is 16.8 Å². The Bertz CT molecular complexity index is 1860. The maximum absolute atomic E-state index is 13.7. The number of amides is 1. The number of hydrogen-bond donors (Lipinski definition) is 1. The molecule has 1 aliphatic rings. The first kappa shape index (κ1) is 28.5. The zero-order valence-electron chi connectivity index (χ0n) is 24.4. The molecule has 1 aliphatic heterocycles. The van der Waals surface area contributed by atoms with Crippen LogP contribution in [0.1, 0.15) is 33.9 Å². The lowest BCUT2D eigenvalue weighted by Gasteiger charge is -2.27. The number of Topliss-reactive ketones (excluding diaryl/α,β-unsaturated/α-hetero) is 1. The van der Waals surface area contributed by atoms with E-state index in [-0.39, 0.29) is 11.3 Å².